The predicted molar refractivity (Wildman–Crippen MR) is 86.0 cm³/mol. The van der Waals surface area contributed by atoms with Crippen LogP contribution in [0.15, 0.2) is 30.5 Å². The first-order valence-corrected chi connectivity index (χ1v) is 8.06. The molecule has 5 nitrogen and oxygen atoms in total. The topological polar surface area (TPSA) is 71.1 Å². The van der Waals surface area contributed by atoms with E-state index in [4.69, 9.17) is 11.6 Å². The first-order valence-electron chi connectivity index (χ1n) is 6.87. The standard InChI is InChI=1S/C15H14ClN3O2S/c16-12-7-18-15(22-12)8-17-11-3-1-9(2-4-11)10-5-13(20)19-14(21)6-10/h1-4,7,10,17H,5-6,8H2,(H,19,20,21). The third kappa shape index (κ3) is 3.64. The average molecular weight is 336 g/mol. The Morgan fingerprint density at radius 3 is 2.50 bits per heavy atom. The molecule has 1 saturated heterocycles. The van der Waals surface area contributed by atoms with E-state index in [1.807, 2.05) is 24.3 Å². The van der Waals surface area contributed by atoms with Gasteiger partial charge in [0.2, 0.25) is 11.8 Å². The molecule has 1 aromatic carbocycles. The molecular weight excluding hydrogens is 322 g/mol. The predicted octanol–water partition coefficient (Wildman–Crippen LogP) is 2.93. The fraction of sp³-hybridized carbons (Fsp3) is 0.267. The monoisotopic (exact) mass is 335 g/mol. The smallest absolute Gasteiger partial charge is 0.227 e. The Labute approximate surface area is 136 Å². The molecule has 2 heterocycles. The van der Waals surface area contributed by atoms with E-state index in [0.29, 0.717) is 23.7 Å². The number of aromatic nitrogens is 1. The van der Waals surface area contributed by atoms with Gasteiger partial charge in [-0.15, -0.1) is 11.3 Å². The third-order valence-electron chi connectivity index (χ3n) is 3.49. The average Bonchev–Trinajstić information content (AvgIpc) is 2.90. The summed E-state index contributed by atoms with van der Waals surface area (Å²) in [6, 6.07) is 7.80. The third-order valence-corrected chi connectivity index (χ3v) is 4.61. The molecule has 22 heavy (non-hydrogen) atoms. The SMILES string of the molecule is O=C1CC(c2ccc(NCc3ncc(Cl)s3)cc2)CC(=O)N1. The zero-order chi connectivity index (χ0) is 15.5. The second-order valence-corrected chi connectivity index (χ2v) is 6.86. The number of amides is 2. The van der Waals surface area contributed by atoms with Crippen molar-refractivity contribution in [2.75, 3.05) is 5.32 Å². The number of benzene rings is 1. The van der Waals surface area contributed by atoms with E-state index < -0.39 is 0 Å². The Morgan fingerprint density at radius 2 is 1.91 bits per heavy atom. The van der Waals surface area contributed by atoms with E-state index in [0.717, 1.165) is 16.3 Å². The van der Waals surface area contributed by atoms with Crippen LogP contribution in [0.4, 0.5) is 5.69 Å². The van der Waals surface area contributed by atoms with Crippen LogP contribution in [-0.2, 0) is 16.1 Å². The summed E-state index contributed by atoms with van der Waals surface area (Å²) >= 11 is 7.28. The normalized spacial score (nSPS) is 15.7. The molecule has 0 spiro atoms. The molecule has 1 fully saturated rings. The largest absolute Gasteiger partial charge is 0.379 e. The van der Waals surface area contributed by atoms with Crippen molar-refractivity contribution in [2.24, 2.45) is 0 Å². The summed E-state index contributed by atoms with van der Waals surface area (Å²) in [4.78, 5) is 27.0. The number of hydrogen-bond donors (Lipinski definition) is 2. The van der Waals surface area contributed by atoms with Crippen molar-refractivity contribution in [3.05, 3.63) is 45.4 Å². The van der Waals surface area contributed by atoms with Gasteiger partial charge in [-0.3, -0.25) is 14.9 Å². The number of hydrogen-bond acceptors (Lipinski definition) is 5. The molecule has 7 heteroatoms. The zero-order valence-electron chi connectivity index (χ0n) is 11.6. The van der Waals surface area contributed by atoms with E-state index in [9.17, 15) is 9.59 Å². The van der Waals surface area contributed by atoms with Crippen LogP contribution in [0.2, 0.25) is 4.34 Å². The maximum absolute atomic E-state index is 11.4. The zero-order valence-corrected chi connectivity index (χ0v) is 13.2. The Kier molecular flexibility index (Phi) is 4.40. The number of piperidine rings is 1. The van der Waals surface area contributed by atoms with Gasteiger partial charge >= 0.3 is 0 Å². The molecule has 1 aromatic heterocycles. The van der Waals surface area contributed by atoms with Crippen LogP contribution in [0.1, 0.15) is 29.3 Å². The molecule has 3 rings (SSSR count). The second kappa shape index (κ2) is 6.46. The number of carbonyl (C=O) groups is 2. The molecule has 1 aliphatic rings. The van der Waals surface area contributed by atoms with Crippen molar-refractivity contribution < 1.29 is 9.59 Å². The second-order valence-electron chi connectivity index (χ2n) is 5.11. The first kappa shape index (κ1) is 15.0. The number of halogens is 1. The summed E-state index contributed by atoms with van der Waals surface area (Å²) in [7, 11) is 0. The molecule has 0 unspecified atom stereocenters. The fourth-order valence-electron chi connectivity index (χ4n) is 2.43. The maximum Gasteiger partial charge on any atom is 0.227 e. The molecule has 0 saturated carbocycles. The summed E-state index contributed by atoms with van der Waals surface area (Å²) in [5, 5.41) is 6.51. The lowest BCUT2D eigenvalue weighted by molar-refractivity contribution is -0.133. The summed E-state index contributed by atoms with van der Waals surface area (Å²) < 4.78 is 0.674. The highest BCUT2D eigenvalue weighted by Gasteiger charge is 2.25. The fourth-order valence-corrected chi connectivity index (χ4v) is 3.33. The minimum Gasteiger partial charge on any atom is -0.379 e. The molecular formula is C15H14ClN3O2S. The number of rotatable bonds is 4. The molecule has 0 aliphatic carbocycles. The molecule has 114 valence electrons. The summed E-state index contributed by atoms with van der Waals surface area (Å²) in [6.07, 6.45) is 2.35. The number of nitrogens with zero attached hydrogens (tertiary/aromatic N) is 1. The van der Waals surface area contributed by atoms with E-state index >= 15 is 0 Å². The van der Waals surface area contributed by atoms with Gasteiger partial charge in [0.15, 0.2) is 0 Å². The van der Waals surface area contributed by atoms with Gasteiger partial charge in [-0.25, -0.2) is 4.98 Å². The van der Waals surface area contributed by atoms with Gasteiger partial charge in [-0.05, 0) is 17.7 Å². The van der Waals surface area contributed by atoms with Crippen LogP contribution in [0.3, 0.4) is 0 Å². The van der Waals surface area contributed by atoms with Crippen molar-refractivity contribution in [3.63, 3.8) is 0 Å². The van der Waals surface area contributed by atoms with Gasteiger partial charge in [0.1, 0.15) is 9.34 Å². The molecule has 2 amide bonds. The van der Waals surface area contributed by atoms with Gasteiger partial charge in [-0.1, -0.05) is 23.7 Å². The quantitative estimate of drug-likeness (QED) is 0.843. The maximum atomic E-state index is 11.4. The molecule has 2 N–H and O–H groups in total. The van der Waals surface area contributed by atoms with Crippen molar-refractivity contribution in [3.8, 4) is 0 Å². The van der Waals surface area contributed by atoms with Gasteiger partial charge in [0.05, 0.1) is 12.7 Å². The molecule has 0 atom stereocenters. The Hall–Kier alpha value is -1.92. The van der Waals surface area contributed by atoms with E-state index in [1.54, 1.807) is 6.20 Å². The van der Waals surface area contributed by atoms with Crippen molar-refractivity contribution in [1.29, 1.82) is 0 Å². The van der Waals surface area contributed by atoms with Gasteiger partial charge < -0.3 is 5.32 Å². The van der Waals surface area contributed by atoms with E-state index in [2.05, 4.69) is 15.6 Å². The van der Waals surface area contributed by atoms with Crippen LogP contribution in [0.25, 0.3) is 0 Å². The minimum absolute atomic E-state index is 0.0342. The summed E-state index contributed by atoms with van der Waals surface area (Å²) in [5.41, 5.74) is 1.97. The van der Waals surface area contributed by atoms with Crippen LogP contribution in [0, 0.1) is 0 Å². The number of thiazole rings is 1. The highest BCUT2D eigenvalue weighted by molar-refractivity contribution is 7.15. The van der Waals surface area contributed by atoms with E-state index in [1.165, 1.54) is 11.3 Å². The van der Waals surface area contributed by atoms with Crippen molar-refractivity contribution in [2.45, 2.75) is 25.3 Å². The number of anilines is 1. The lowest BCUT2D eigenvalue weighted by Crippen LogP contribution is -2.37. The lowest BCUT2D eigenvalue weighted by atomic mass is 9.89. The summed E-state index contributed by atoms with van der Waals surface area (Å²) in [6.45, 7) is 0.612. The van der Waals surface area contributed by atoms with Crippen LogP contribution in [-0.4, -0.2) is 16.8 Å². The van der Waals surface area contributed by atoms with Crippen molar-refractivity contribution >= 4 is 40.4 Å². The molecule has 0 bridgehead atoms. The highest BCUT2D eigenvalue weighted by Crippen LogP contribution is 2.27. The molecule has 2 aromatic rings. The Balaban J connectivity index is 1.62. The Bertz CT molecular complexity index is 683. The van der Waals surface area contributed by atoms with Gasteiger partial charge in [0.25, 0.3) is 0 Å². The number of carbonyl (C=O) groups excluding carboxylic acids is 2. The highest BCUT2D eigenvalue weighted by atomic mass is 35.5. The minimum atomic E-state index is -0.205. The summed E-state index contributed by atoms with van der Waals surface area (Å²) in [5.74, 6) is -0.443. The molecule has 0 radical (unpaired) electrons. The van der Waals surface area contributed by atoms with Crippen molar-refractivity contribution in [1.82, 2.24) is 10.3 Å². The Morgan fingerprint density at radius 1 is 1.23 bits per heavy atom. The number of nitrogens with one attached hydrogen (secondary N) is 2. The van der Waals surface area contributed by atoms with Crippen LogP contribution < -0.4 is 10.6 Å². The van der Waals surface area contributed by atoms with E-state index in [-0.39, 0.29) is 17.7 Å². The van der Waals surface area contributed by atoms with Crippen LogP contribution in [0.5, 0.6) is 0 Å². The van der Waals surface area contributed by atoms with Crippen LogP contribution >= 0.6 is 22.9 Å². The lowest BCUT2D eigenvalue weighted by Gasteiger charge is -2.21. The first-order chi connectivity index (χ1) is 10.6. The number of imide groups is 1. The molecule has 1 aliphatic heterocycles. The van der Waals surface area contributed by atoms with Gasteiger partial charge in [-0.2, -0.15) is 0 Å². The van der Waals surface area contributed by atoms with Gasteiger partial charge in [0, 0.05) is 24.4 Å².